The molecule has 5 N–H and O–H groups in total. The van der Waals surface area contributed by atoms with Gasteiger partial charge in [-0.05, 0) is 106 Å². The smallest absolute Gasteiger partial charge is 0.278 e. The minimum Gasteiger partial charge on any atom is -0.384 e. The van der Waals surface area contributed by atoms with Gasteiger partial charge in [-0.25, -0.2) is 38.7 Å². The number of aromatic nitrogens is 10. The fraction of sp³-hybridized carbons (Fsp3) is 0.345. The van der Waals surface area contributed by atoms with Gasteiger partial charge in [0.05, 0.1) is 24.5 Å². The Kier molecular flexibility index (Phi) is 13.2. The number of nitrogens with one attached hydrogen (secondary N) is 3. The van der Waals surface area contributed by atoms with Crippen LogP contribution in [-0.2, 0) is 48.2 Å². The number of hydrogen-bond acceptors (Lipinski definition) is 14. The van der Waals surface area contributed by atoms with E-state index in [0.29, 0.717) is 57.0 Å². The molecule has 0 fully saturated rings. The molecule has 18 heteroatoms. The average molecular weight is 985 g/mol. The first kappa shape index (κ1) is 50.3. The zero-order valence-electron chi connectivity index (χ0n) is 43.0. The molecule has 0 bridgehead atoms. The normalized spacial score (nSPS) is 15.3. The second kappa shape index (κ2) is 19.1. The number of likely N-dealkylation sites (N-methyl/N-ethyl adjacent to an activating group) is 1. The molecule has 0 amide bonds. The molecule has 73 heavy (non-hydrogen) atoms. The summed E-state index contributed by atoms with van der Waals surface area (Å²) < 4.78 is 6.34. The molecule has 10 rings (SSSR count). The largest absolute Gasteiger partial charge is 0.384 e. The zero-order chi connectivity index (χ0) is 52.2. The van der Waals surface area contributed by atoms with Crippen LogP contribution in [0.1, 0.15) is 89.0 Å². The van der Waals surface area contributed by atoms with Crippen molar-refractivity contribution in [2.45, 2.75) is 104 Å². The number of rotatable bonds is 12. The van der Waals surface area contributed by atoms with Gasteiger partial charge in [-0.2, -0.15) is 9.97 Å². The minimum absolute atomic E-state index is 0.0658. The van der Waals surface area contributed by atoms with Gasteiger partial charge in [0, 0.05) is 60.8 Å². The number of allylic oxidation sites excluding steroid dienone is 2. The van der Waals surface area contributed by atoms with Crippen molar-refractivity contribution in [3.63, 3.8) is 0 Å². The van der Waals surface area contributed by atoms with Gasteiger partial charge in [-0.3, -0.25) is 9.59 Å². The maximum absolute atomic E-state index is 13.2. The van der Waals surface area contributed by atoms with Crippen LogP contribution in [0, 0.1) is 0 Å². The van der Waals surface area contributed by atoms with Gasteiger partial charge >= 0.3 is 0 Å². The minimum atomic E-state index is -1.14. The summed E-state index contributed by atoms with van der Waals surface area (Å²) in [5, 5.41) is 31.8. The first-order valence-corrected chi connectivity index (χ1v) is 24.4. The molecule has 2 aromatic carbocycles. The van der Waals surface area contributed by atoms with Crippen molar-refractivity contribution >= 4 is 45.3 Å². The Labute approximate surface area is 423 Å². The van der Waals surface area contributed by atoms with Crippen LogP contribution in [0.15, 0.2) is 120 Å². The number of aliphatic hydroxyl groups is 2. The predicted molar refractivity (Wildman–Crippen MR) is 286 cm³/mol. The molecule has 0 atom stereocenters. The van der Waals surface area contributed by atoms with Crippen molar-refractivity contribution in [1.29, 1.82) is 0 Å². The number of nitrogens with zero attached hydrogens (tertiary/aromatic N) is 11. The quantitative estimate of drug-likeness (QED) is 0.0757. The summed E-state index contributed by atoms with van der Waals surface area (Å²) in [5.74, 6) is 1.68. The number of pyridine rings is 2. The molecule has 18 nitrogen and oxygen atoms in total. The van der Waals surface area contributed by atoms with Crippen molar-refractivity contribution in [3.8, 4) is 11.6 Å². The summed E-state index contributed by atoms with van der Waals surface area (Å²) in [4.78, 5) is 56.3. The summed E-state index contributed by atoms with van der Waals surface area (Å²) in [6.45, 7) is 27.4. The van der Waals surface area contributed by atoms with E-state index in [1.165, 1.54) is 44.0 Å². The van der Waals surface area contributed by atoms with Gasteiger partial charge in [-0.15, -0.1) is 13.2 Å². The Morgan fingerprint density at radius 2 is 1.14 bits per heavy atom. The molecule has 8 heterocycles. The van der Waals surface area contributed by atoms with Crippen LogP contribution >= 0.6 is 0 Å². The van der Waals surface area contributed by atoms with E-state index in [1.54, 1.807) is 85.6 Å². The first-order valence-electron chi connectivity index (χ1n) is 24.4. The van der Waals surface area contributed by atoms with E-state index in [0.717, 1.165) is 37.6 Å². The molecule has 0 unspecified atom stereocenters. The molecule has 2 aliphatic heterocycles. The number of hydrogen-bond donors (Lipinski definition) is 5. The highest BCUT2D eigenvalue weighted by Gasteiger charge is 2.31. The second-order valence-corrected chi connectivity index (χ2v) is 21.3. The van der Waals surface area contributed by atoms with E-state index in [9.17, 15) is 19.8 Å². The number of fused-ring (bicyclic) bond motifs is 4. The fourth-order valence-electron chi connectivity index (χ4n) is 9.89. The van der Waals surface area contributed by atoms with Crippen LogP contribution in [0.4, 0.5) is 23.3 Å². The van der Waals surface area contributed by atoms with Gasteiger partial charge in [0.2, 0.25) is 11.9 Å². The third-order valence-electron chi connectivity index (χ3n) is 13.3. The van der Waals surface area contributed by atoms with Gasteiger partial charge < -0.3 is 31.1 Å². The lowest BCUT2D eigenvalue weighted by Crippen LogP contribution is -2.39. The molecule has 0 aliphatic carbocycles. The van der Waals surface area contributed by atoms with Crippen LogP contribution in [0.2, 0.25) is 0 Å². The lowest BCUT2D eigenvalue weighted by Gasteiger charge is -2.38. The van der Waals surface area contributed by atoms with Gasteiger partial charge in [-0.1, -0.05) is 64.1 Å². The number of anilines is 4. The van der Waals surface area contributed by atoms with E-state index in [4.69, 9.17) is 9.97 Å². The van der Waals surface area contributed by atoms with E-state index in [-0.39, 0.29) is 35.0 Å². The molecule has 6 aromatic heterocycles. The Bertz CT molecular complexity index is 3550. The van der Waals surface area contributed by atoms with Crippen LogP contribution in [0.5, 0.6) is 0 Å². The third kappa shape index (κ3) is 9.98. The lowest BCUT2D eigenvalue weighted by atomic mass is 9.78. The van der Waals surface area contributed by atoms with E-state index in [2.05, 4.69) is 113 Å². The monoisotopic (exact) mass is 985 g/mol. The van der Waals surface area contributed by atoms with Crippen LogP contribution in [0.3, 0.4) is 0 Å². The SMILES string of the molecule is C=CCn1c(=O)c2cnc(Nc3ccc4c(c3)CN(C)CC4(C)C)nc2n1-c1cccc(C(C)(C)O)n1.C=CCn1c(=O)c2cnc(Nc3ccc4c(c3)CNCC4(C)C)nc2n1-c1cccc(C(C)(C)O)n1. The second-order valence-electron chi connectivity index (χ2n) is 21.3. The lowest BCUT2D eigenvalue weighted by molar-refractivity contribution is 0.0733. The van der Waals surface area contributed by atoms with Gasteiger partial charge in [0.15, 0.2) is 22.9 Å². The highest BCUT2D eigenvalue weighted by molar-refractivity contribution is 5.78. The first-order chi connectivity index (χ1) is 34.6. The summed E-state index contributed by atoms with van der Waals surface area (Å²) in [7, 11) is 2.13. The van der Waals surface area contributed by atoms with Crippen molar-refractivity contribution < 1.29 is 10.2 Å². The predicted octanol–water partition coefficient (Wildman–Crippen LogP) is 7.37. The average Bonchev–Trinajstić information content (AvgIpc) is 3.76. The molecule has 0 radical (unpaired) electrons. The highest BCUT2D eigenvalue weighted by atomic mass is 16.3. The van der Waals surface area contributed by atoms with Crippen molar-refractivity contribution in [3.05, 3.63) is 165 Å². The zero-order valence-corrected chi connectivity index (χ0v) is 43.0. The Morgan fingerprint density at radius 1 is 0.671 bits per heavy atom. The summed E-state index contributed by atoms with van der Waals surface area (Å²) in [6, 6.07) is 23.3. The molecule has 0 saturated carbocycles. The van der Waals surface area contributed by atoms with Crippen LogP contribution < -0.4 is 27.1 Å². The molecular weight excluding hydrogens is 921 g/mol. The molecule has 2 aliphatic rings. The Balaban J connectivity index is 0.000000180. The molecular formula is C55H64N14O4. The summed E-state index contributed by atoms with van der Waals surface area (Å²) in [5.41, 5.74) is 6.12. The van der Waals surface area contributed by atoms with E-state index < -0.39 is 11.2 Å². The summed E-state index contributed by atoms with van der Waals surface area (Å²) >= 11 is 0. The Hall–Kier alpha value is -7.64. The standard InChI is InChI=1S/C28H33N7O2.C27H31N7O2/c1-7-13-34-25(36)20-15-29-26(30-19-11-12-21-18(14-19)16-33(6)17-27(21,2)3)32-24(20)35(34)23-10-8-9-22(31-23)28(4,5)37;1-6-12-33-24(35)19-15-29-25(30-18-10-11-20-17(13-18)14-28-16-26(20,2)3)32-23(19)34(33)22-9-7-8-21(31-22)27(4,5)36/h7-12,14-15,37H,1,13,16-17H2,2-6H3,(H,29,30,32);6-11,13,15,28,36H,1,12,14,16H2,2-5H3,(H,29,30,32). The van der Waals surface area contributed by atoms with Crippen LogP contribution in [0.25, 0.3) is 33.7 Å². The maximum Gasteiger partial charge on any atom is 0.278 e. The third-order valence-corrected chi connectivity index (χ3v) is 13.3. The van der Waals surface area contributed by atoms with Crippen molar-refractivity contribution in [2.75, 3.05) is 30.8 Å². The van der Waals surface area contributed by atoms with Gasteiger partial charge in [0.25, 0.3) is 11.1 Å². The van der Waals surface area contributed by atoms with E-state index >= 15 is 0 Å². The fourth-order valence-corrected chi connectivity index (χ4v) is 9.89. The highest BCUT2D eigenvalue weighted by Crippen LogP contribution is 2.35. The molecule has 0 spiro atoms. The topological polar surface area (TPSA) is 211 Å². The van der Waals surface area contributed by atoms with Crippen molar-refractivity contribution in [2.24, 2.45) is 0 Å². The molecule has 0 saturated heterocycles. The van der Waals surface area contributed by atoms with E-state index in [1.807, 2.05) is 12.1 Å². The molecule has 378 valence electrons. The molecule has 8 aromatic rings. The van der Waals surface area contributed by atoms with Crippen molar-refractivity contribution in [1.82, 2.24) is 58.8 Å². The number of benzene rings is 2. The van der Waals surface area contributed by atoms with Crippen LogP contribution in [-0.4, -0.2) is 83.9 Å². The Morgan fingerprint density at radius 3 is 1.60 bits per heavy atom. The van der Waals surface area contributed by atoms with Gasteiger partial charge in [0.1, 0.15) is 22.0 Å². The maximum atomic E-state index is 13.2. The summed E-state index contributed by atoms with van der Waals surface area (Å²) in [6.07, 6.45) is 6.37.